The third kappa shape index (κ3) is 4.96. The van der Waals surface area contributed by atoms with Gasteiger partial charge in [0.25, 0.3) is 5.92 Å². The first-order valence-corrected chi connectivity index (χ1v) is 15.0. The van der Waals surface area contributed by atoms with Crippen LogP contribution in [-0.2, 0) is 0 Å². The maximum Gasteiger partial charge on any atom is 0.407 e. The highest BCUT2D eigenvalue weighted by molar-refractivity contribution is 6.36. The van der Waals surface area contributed by atoms with Crippen molar-refractivity contribution in [2.75, 3.05) is 44.7 Å². The molecule has 3 aliphatic heterocycles. The Labute approximate surface area is 260 Å². The van der Waals surface area contributed by atoms with E-state index in [0.717, 1.165) is 23.3 Å². The highest BCUT2D eigenvalue weighted by Gasteiger charge is 2.53. The predicted octanol–water partition coefficient (Wildman–Crippen LogP) is 6.03. The van der Waals surface area contributed by atoms with E-state index in [2.05, 4.69) is 15.0 Å². The molecule has 0 bridgehead atoms. The predicted molar refractivity (Wildman–Crippen MR) is 161 cm³/mol. The van der Waals surface area contributed by atoms with Crippen LogP contribution in [0.3, 0.4) is 0 Å². The number of ether oxygens (including phenoxy) is 1. The molecular weight excluding hydrogens is 616 g/mol. The molecule has 5 heterocycles. The molecule has 0 unspecified atom stereocenters. The second-order valence-corrected chi connectivity index (χ2v) is 12.5. The highest BCUT2D eigenvalue weighted by Crippen LogP contribution is 2.42. The standard InChI is InChI=1S/C31H29ClF4N6O3/c1-40(22-14-41(29(43)44)15-31(22,35)36)27-20-12-37-25(19-7-2-5-17-6-3-8-21(32)23(17)19)24(34)26(20)38-28(39-27)45-16-30-9-4-10-42(30)13-18(33)11-30/h2-3,5-8,12,18,22H,4,9-11,13-16H2,1H3,(H,43,44)/t18-,22+,30+/m1/s1. The Bertz CT molecular complexity index is 1830. The molecule has 45 heavy (non-hydrogen) atoms. The Kier molecular flexibility index (Phi) is 7.16. The second-order valence-electron chi connectivity index (χ2n) is 12.1. The molecule has 2 aromatic heterocycles. The molecule has 1 amide bonds. The summed E-state index contributed by atoms with van der Waals surface area (Å²) in [7, 11) is 1.34. The summed E-state index contributed by atoms with van der Waals surface area (Å²) in [5, 5.41) is 11.2. The van der Waals surface area contributed by atoms with E-state index in [9.17, 15) is 14.3 Å². The van der Waals surface area contributed by atoms with Crippen LogP contribution in [0.2, 0.25) is 5.02 Å². The lowest BCUT2D eigenvalue weighted by atomic mass is 9.95. The molecule has 4 aromatic rings. The van der Waals surface area contributed by atoms with Crippen LogP contribution in [0.5, 0.6) is 6.01 Å². The number of halogens is 5. The molecule has 3 saturated heterocycles. The molecule has 7 rings (SSSR count). The molecule has 3 fully saturated rings. The monoisotopic (exact) mass is 644 g/mol. The molecular formula is C31H29ClF4N6O3. The zero-order valence-electron chi connectivity index (χ0n) is 24.2. The van der Waals surface area contributed by atoms with Crippen molar-refractivity contribution >= 4 is 45.2 Å². The highest BCUT2D eigenvalue weighted by atomic mass is 35.5. The van der Waals surface area contributed by atoms with Crippen molar-refractivity contribution in [1.29, 1.82) is 0 Å². The number of aromatic nitrogens is 3. The maximum absolute atomic E-state index is 16.6. The summed E-state index contributed by atoms with van der Waals surface area (Å²) in [4.78, 5) is 28.6. The zero-order valence-corrected chi connectivity index (χ0v) is 24.9. The number of anilines is 1. The Balaban J connectivity index is 1.35. The van der Waals surface area contributed by atoms with Gasteiger partial charge in [-0.05, 0) is 30.8 Å². The third-order valence-electron chi connectivity index (χ3n) is 9.34. The van der Waals surface area contributed by atoms with E-state index >= 15 is 13.2 Å². The normalized spacial score (nSPS) is 24.4. The molecule has 236 valence electrons. The molecule has 3 atom stereocenters. The van der Waals surface area contributed by atoms with Gasteiger partial charge in [0.05, 0.1) is 24.0 Å². The van der Waals surface area contributed by atoms with Gasteiger partial charge in [-0.3, -0.25) is 14.8 Å². The van der Waals surface area contributed by atoms with Crippen LogP contribution in [0, 0.1) is 5.82 Å². The number of benzene rings is 2. The van der Waals surface area contributed by atoms with Crippen LogP contribution in [0.1, 0.15) is 19.3 Å². The summed E-state index contributed by atoms with van der Waals surface area (Å²) >= 11 is 6.52. The van der Waals surface area contributed by atoms with E-state index in [-0.39, 0.29) is 41.5 Å². The van der Waals surface area contributed by atoms with Gasteiger partial charge >= 0.3 is 12.1 Å². The molecule has 0 aliphatic carbocycles. The van der Waals surface area contributed by atoms with Gasteiger partial charge < -0.3 is 14.7 Å². The first kappa shape index (κ1) is 29.7. The first-order valence-electron chi connectivity index (χ1n) is 14.6. The minimum atomic E-state index is -3.43. The van der Waals surface area contributed by atoms with Gasteiger partial charge in [0, 0.05) is 42.2 Å². The average Bonchev–Trinajstić information content (AvgIpc) is 3.64. The van der Waals surface area contributed by atoms with Gasteiger partial charge in [0.2, 0.25) is 0 Å². The average molecular weight is 645 g/mol. The zero-order chi connectivity index (χ0) is 31.7. The van der Waals surface area contributed by atoms with Gasteiger partial charge in [-0.25, -0.2) is 22.4 Å². The van der Waals surface area contributed by atoms with E-state index in [1.807, 2.05) is 17.0 Å². The molecule has 0 saturated carbocycles. The number of hydrogen-bond donors (Lipinski definition) is 1. The molecule has 9 nitrogen and oxygen atoms in total. The number of fused-ring (bicyclic) bond motifs is 3. The lowest BCUT2D eigenvalue weighted by Crippen LogP contribution is -2.46. The van der Waals surface area contributed by atoms with Gasteiger partial charge in [0.15, 0.2) is 5.82 Å². The van der Waals surface area contributed by atoms with Crippen molar-refractivity contribution in [3.05, 3.63) is 53.4 Å². The molecule has 2 aromatic carbocycles. The minimum absolute atomic E-state index is 0.0346. The fourth-order valence-corrected chi connectivity index (χ4v) is 7.43. The summed E-state index contributed by atoms with van der Waals surface area (Å²) < 4.78 is 67.4. The number of nitrogens with zero attached hydrogens (tertiary/aromatic N) is 6. The molecule has 14 heteroatoms. The smallest absolute Gasteiger partial charge is 0.407 e. The van der Waals surface area contributed by atoms with Crippen molar-refractivity contribution in [3.63, 3.8) is 0 Å². The van der Waals surface area contributed by atoms with Gasteiger partial charge in [-0.1, -0.05) is 41.9 Å². The van der Waals surface area contributed by atoms with Crippen molar-refractivity contribution < 1.29 is 32.2 Å². The van der Waals surface area contributed by atoms with E-state index in [1.165, 1.54) is 13.2 Å². The van der Waals surface area contributed by atoms with Crippen LogP contribution in [0.15, 0.2) is 42.6 Å². The lowest BCUT2D eigenvalue weighted by molar-refractivity contribution is -0.00119. The largest absolute Gasteiger partial charge is 0.465 e. The van der Waals surface area contributed by atoms with Crippen molar-refractivity contribution in [3.8, 4) is 17.3 Å². The molecule has 0 spiro atoms. The second kappa shape index (κ2) is 10.8. The number of likely N-dealkylation sites (N-methyl/N-ethyl adjacent to an activating group) is 1. The number of likely N-dealkylation sites (tertiary alicyclic amines) is 1. The number of alkyl halides is 3. The summed E-state index contributed by atoms with van der Waals surface area (Å²) in [5.41, 5.74) is -0.429. The number of rotatable bonds is 6. The van der Waals surface area contributed by atoms with Crippen LogP contribution in [-0.4, -0.2) is 99.5 Å². The van der Waals surface area contributed by atoms with Crippen LogP contribution in [0.25, 0.3) is 32.9 Å². The molecule has 1 N–H and O–H groups in total. The van der Waals surface area contributed by atoms with E-state index in [1.54, 1.807) is 24.3 Å². The first-order chi connectivity index (χ1) is 21.5. The van der Waals surface area contributed by atoms with Gasteiger partial charge in [-0.15, -0.1) is 0 Å². The van der Waals surface area contributed by atoms with E-state index < -0.39 is 48.7 Å². The maximum atomic E-state index is 16.6. The Morgan fingerprint density at radius 2 is 1.98 bits per heavy atom. The number of carbonyl (C=O) groups is 1. The van der Waals surface area contributed by atoms with Crippen LogP contribution in [0.4, 0.5) is 28.2 Å². The van der Waals surface area contributed by atoms with Crippen molar-refractivity contribution in [2.24, 2.45) is 0 Å². The summed E-state index contributed by atoms with van der Waals surface area (Å²) in [5.74, 6) is -4.37. The minimum Gasteiger partial charge on any atom is -0.465 e. The van der Waals surface area contributed by atoms with E-state index in [0.29, 0.717) is 33.8 Å². The topological polar surface area (TPSA) is 94.9 Å². The number of hydrogen-bond acceptors (Lipinski definition) is 7. The fraction of sp³-hybridized carbons (Fsp3) is 0.419. The van der Waals surface area contributed by atoms with Crippen LogP contribution >= 0.6 is 11.6 Å². The third-order valence-corrected chi connectivity index (χ3v) is 9.65. The lowest BCUT2D eigenvalue weighted by Gasteiger charge is -2.32. The van der Waals surface area contributed by atoms with Gasteiger partial charge in [0.1, 0.15) is 35.8 Å². The van der Waals surface area contributed by atoms with Crippen molar-refractivity contribution in [1.82, 2.24) is 24.8 Å². The number of amides is 1. The number of pyridine rings is 1. The van der Waals surface area contributed by atoms with E-state index in [4.69, 9.17) is 16.3 Å². The number of carboxylic acid groups (broad SMARTS) is 1. The Morgan fingerprint density at radius 1 is 1.20 bits per heavy atom. The summed E-state index contributed by atoms with van der Waals surface area (Å²) in [6.45, 7) is -0.439. The Hall–Kier alpha value is -3.97. The molecule has 0 radical (unpaired) electrons. The SMILES string of the molecule is CN(c1nc(OC[C@@]23CCCN2C[C@H](F)C3)nc2c(F)c(-c3cccc4cccc(Cl)c34)ncc12)[C@H]1CN(C(=O)O)CC1(F)F. The van der Waals surface area contributed by atoms with Crippen LogP contribution < -0.4 is 9.64 Å². The quantitative estimate of drug-likeness (QED) is 0.255. The summed E-state index contributed by atoms with van der Waals surface area (Å²) in [6.07, 6.45) is 0.679. The fourth-order valence-electron chi connectivity index (χ4n) is 7.15. The van der Waals surface area contributed by atoms with Crippen molar-refractivity contribution in [2.45, 2.75) is 42.9 Å². The Morgan fingerprint density at radius 3 is 2.73 bits per heavy atom. The molecule has 3 aliphatic rings. The summed E-state index contributed by atoms with van der Waals surface area (Å²) in [6, 6.07) is 8.69. The van der Waals surface area contributed by atoms with Gasteiger partial charge in [-0.2, -0.15) is 9.97 Å².